The van der Waals surface area contributed by atoms with Gasteiger partial charge in [0.15, 0.2) is 0 Å². The van der Waals surface area contributed by atoms with Crippen molar-refractivity contribution in [3.8, 4) is 44.5 Å². The first kappa shape index (κ1) is 84.8. The van der Waals surface area contributed by atoms with Crippen molar-refractivity contribution in [2.75, 3.05) is 14.7 Å². The highest BCUT2D eigenvalue weighted by atomic mass is 32.1. The first-order chi connectivity index (χ1) is 66.2. The highest BCUT2D eigenvalue weighted by Gasteiger charge is 2.51. The van der Waals surface area contributed by atoms with Crippen LogP contribution in [-0.4, -0.2) is 0 Å². The highest BCUT2D eigenvalue weighted by molar-refractivity contribution is 7.27. The van der Waals surface area contributed by atoms with Gasteiger partial charge in [-0.2, -0.15) is 0 Å². The van der Waals surface area contributed by atoms with Crippen LogP contribution in [0.15, 0.2) is 387 Å². The molecule has 4 aliphatic carbocycles. The Bertz CT molecular complexity index is 8900. The van der Waals surface area contributed by atoms with E-state index in [1.165, 1.54) is 198 Å². The Kier molecular flexibility index (Phi) is 19.2. The highest BCUT2D eigenvalue weighted by Crippen LogP contribution is 2.64. The summed E-state index contributed by atoms with van der Waals surface area (Å²) in [6.45, 7) is 34.1. The molecule has 0 saturated carbocycles. The van der Waals surface area contributed by atoms with E-state index < -0.39 is 0 Å². The van der Waals surface area contributed by atoms with E-state index in [0.717, 1.165) is 44.7 Å². The second kappa shape index (κ2) is 31.0. The molecule has 0 fully saturated rings. The summed E-state index contributed by atoms with van der Waals surface area (Å²) in [5.74, 6) is 0. The van der Waals surface area contributed by atoms with Gasteiger partial charge in [-0.1, -0.05) is 327 Å². The molecule has 0 amide bonds. The van der Waals surface area contributed by atoms with Gasteiger partial charge >= 0.3 is 0 Å². The van der Waals surface area contributed by atoms with Crippen molar-refractivity contribution in [1.82, 2.24) is 0 Å². The number of hydrogen-bond acceptors (Lipinski definition) is 8. The predicted molar refractivity (Wildman–Crippen MR) is 594 cm³/mol. The molecule has 4 nitrogen and oxygen atoms in total. The Morgan fingerprint density at radius 3 is 0.869 bits per heavy atom. The average Bonchev–Trinajstić information content (AvgIpc) is 1.69. The minimum atomic E-state index is -0.124. The number of benzene rings is 18. The van der Waals surface area contributed by atoms with Gasteiger partial charge in [0.2, 0.25) is 0 Å². The summed E-state index contributed by atoms with van der Waals surface area (Å²) in [7, 11) is 0. The fourth-order valence-electron chi connectivity index (χ4n) is 23.7. The predicted octanol–water partition coefficient (Wildman–Crippen LogP) is 38.9. The topological polar surface area (TPSA) is 22.9 Å². The lowest BCUT2D eigenvalue weighted by atomic mass is 9.55. The van der Waals surface area contributed by atoms with Gasteiger partial charge in [-0.3, -0.25) is 0 Å². The van der Waals surface area contributed by atoms with Crippen molar-refractivity contribution in [2.45, 2.75) is 135 Å². The zero-order valence-corrected chi connectivity index (χ0v) is 83.0. The maximum absolute atomic E-state index is 6.34. The van der Waals surface area contributed by atoms with Crippen molar-refractivity contribution in [3.05, 3.63) is 427 Å². The van der Waals surface area contributed by atoms with Gasteiger partial charge in [0.05, 0.1) is 0 Å². The number of hydrogen-bond donors (Lipinski definition) is 0. The zero-order chi connectivity index (χ0) is 93.3. The standard InChI is InChI=1S/C45H39NS.C42H33NOS.C42H33NS2/c1-43(2)37-18-12-10-16-31(37)32-22-20-29(26-38(32)43)46(28-14-8-7-9-15-28)30-21-23-33-35-24-25-36-34-17-11-13-19-40(34)47-42(36)41(35)45(5,6)44(3,4)39(33)27-30;1-41(2)35-24-27(18-20-29(35)33-22-23-34-32-15-9-11-17-38(32)45-40(34)39(33)42(41,3)4)43(26-12-6-5-7-13-26)28-19-21-31-30-14-8-10-16-36(30)44-37(31)25-28;1-41(2)35-25-28(18-20-29(35)32-21-22-33-30-14-8-11-17-37(30)45-40(33)39(32)42(41,3)4)43(26-12-6-5-7-13-26)27-19-23-38-34(24-27)31-15-9-10-16-36(31)44-38/h7-27H,1-6H3;2*5-25H,1-4H3. The molecule has 666 valence electrons. The Morgan fingerprint density at radius 2 is 0.453 bits per heavy atom. The summed E-state index contributed by atoms with van der Waals surface area (Å²) < 4.78 is 17.4. The number of thiophene rings is 4. The average molecular weight is 1840 g/mol. The summed E-state index contributed by atoms with van der Waals surface area (Å²) in [5.41, 5.74) is 33.8. The molecular formula is C129H105N3OS4. The van der Waals surface area contributed by atoms with E-state index >= 15 is 0 Å². The first-order valence-corrected chi connectivity index (χ1v) is 51.4. The molecular weight excluding hydrogens is 1740 g/mol. The Balaban J connectivity index is 0.000000109. The SMILES string of the molecule is CC1(C)c2cc(N(c3ccccc3)c3ccc4c(c3)oc3ccccc34)ccc2-c2ccc3c(sc4ccccc43)c2C1(C)C.CC1(C)c2cc(N(c3ccccc3)c3ccc4sc5ccccc5c4c3)ccc2-c2ccc3c(sc4ccccc43)c2C1(C)C.CC1(C)c2ccccc2-c2ccc(N(c3ccccc3)c3ccc4c(c3)C(C)(C)C(C)(C)c3c-4ccc4c3sc3ccccc34)cc21. The van der Waals surface area contributed by atoms with Gasteiger partial charge < -0.3 is 19.1 Å². The summed E-state index contributed by atoms with van der Waals surface area (Å²) in [6, 6.07) is 141. The maximum atomic E-state index is 6.34. The van der Waals surface area contributed by atoms with Crippen LogP contribution in [0.5, 0.6) is 0 Å². The lowest BCUT2D eigenvalue weighted by molar-refractivity contribution is 0.301. The molecule has 8 heteroatoms. The molecule has 18 aromatic carbocycles. The second-order valence-corrected chi connectivity index (χ2v) is 46.0. The minimum absolute atomic E-state index is 0.0617. The van der Waals surface area contributed by atoms with Crippen LogP contribution >= 0.6 is 45.3 Å². The van der Waals surface area contributed by atoms with Gasteiger partial charge in [0.1, 0.15) is 11.2 Å². The number of furan rings is 1. The largest absolute Gasteiger partial charge is 0.456 e. The lowest BCUT2D eigenvalue weighted by Gasteiger charge is -2.49. The van der Waals surface area contributed by atoms with E-state index in [-0.39, 0.29) is 37.9 Å². The Morgan fingerprint density at radius 1 is 0.175 bits per heavy atom. The molecule has 137 heavy (non-hydrogen) atoms. The Hall–Kier alpha value is -14.0. The summed E-state index contributed by atoms with van der Waals surface area (Å²) in [5, 5.41) is 13.1. The molecule has 0 radical (unpaired) electrons. The van der Waals surface area contributed by atoms with Gasteiger partial charge in [-0.15, -0.1) is 45.3 Å². The van der Waals surface area contributed by atoms with E-state index in [1.54, 1.807) is 0 Å². The van der Waals surface area contributed by atoms with Crippen LogP contribution in [0.25, 0.3) is 147 Å². The van der Waals surface area contributed by atoms with E-state index in [1.807, 2.05) is 57.5 Å². The van der Waals surface area contributed by atoms with Gasteiger partial charge in [-0.05, 0) is 251 Å². The third-order valence-corrected chi connectivity index (χ3v) is 37.7. The normalized spacial score (nSPS) is 15.5. The number of anilines is 9. The van der Waals surface area contributed by atoms with Crippen LogP contribution in [0.4, 0.5) is 51.2 Å². The molecule has 5 heterocycles. The van der Waals surface area contributed by atoms with Crippen LogP contribution in [0.1, 0.15) is 141 Å². The summed E-state index contributed by atoms with van der Waals surface area (Å²) in [6.07, 6.45) is 0. The van der Waals surface area contributed by atoms with Crippen molar-refractivity contribution in [1.29, 1.82) is 0 Å². The molecule has 0 atom stereocenters. The van der Waals surface area contributed by atoms with E-state index in [9.17, 15) is 0 Å². The summed E-state index contributed by atoms with van der Waals surface area (Å²) in [4.78, 5) is 7.24. The van der Waals surface area contributed by atoms with E-state index in [4.69, 9.17) is 4.42 Å². The quantitative estimate of drug-likeness (QED) is 0.144. The number of nitrogens with zero attached hydrogens (tertiary/aromatic N) is 3. The number of fused-ring (bicyclic) bond motifs is 30. The van der Waals surface area contributed by atoms with Crippen molar-refractivity contribution in [2.24, 2.45) is 0 Å². The smallest absolute Gasteiger partial charge is 0.137 e. The van der Waals surface area contributed by atoms with Crippen LogP contribution in [0.3, 0.4) is 0 Å². The zero-order valence-electron chi connectivity index (χ0n) is 79.8. The molecule has 0 aliphatic heterocycles. The van der Waals surface area contributed by atoms with Gasteiger partial charge in [-0.25, -0.2) is 0 Å². The van der Waals surface area contributed by atoms with Crippen molar-refractivity contribution in [3.63, 3.8) is 0 Å². The molecule has 5 aromatic heterocycles. The van der Waals surface area contributed by atoms with Gasteiger partial charge in [0.25, 0.3) is 0 Å². The maximum Gasteiger partial charge on any atom is 0.137 e. The van der Waals surface area contributed by atoms with E-state index in [0.29, 0.717) is 0 Å². The molecule has 0 bridgehead atoms. The third-order valence-electron chi connectivity index (χ3n) is 33.0. The van der Waals surface area contributed by atoms with E-state index in [2.05, 4.69) is 482 Å². The molecule has 0 spiro atoms. The second-order valence-electron chi connectivity index (χ2n) is 41.8. The van der Waals surface area contributed by atoms with Gasteiger partial charge in [0, 0.05) is 170 Å². The molecule has 23 aromatic rings. The molecule has 0 unspecified atom stereocenters. The van der Waals surface area contributed by atoms with Crippen LogP contribution in [0, 0.1) is 0 Å². The third kappa shape index (κ3) is 12.7. The summed E-state index contributed by atoms with van der Waals surface area (Å²) >= 11 is 7.72. The molecule has 4 aliphatic rings. The van der Waals surface area contributed by atoms with Crippen LogP contribution in [0.2, 0.25) is 0 Å². The fourth-order valence-corrected chi connectivity index (χ4v) is 29.0. The lowest BCUT2D eigenvalue weighted by Crippen LogP contribution is -2.43. The fraction of sp³-hybridized carbons (Fsp3) is 0.163. The molecule has 27 rings (SSSR count). The molecule has 0 N–H and O–H groups in total. The van der Waals surface area contributed by atoms with Crippen molar-refractivity contribution < 1.29 is 4.42 Å². The minimum Gasteiger partial charge on any atom is -0.456 e. The monoisotopic (exact) mass is 1840 g/mol. The molecule has 0 saturated heterocycles. The van der Waals surface area contributed by atoms with Crippen molar-refractivity contribution >= 4 is 199 Å². The number of para-hydroxylation sites is 4. The van der Waals surface area contributed by atoms with Crippen LogP contribution in [-0.2, 0) is 37.9 Å². The Labute approximate surface area is 817 Å². The van der Waals surface area contributed by atoms with Crippen LogP contribution < -0.4 is 14.7 Å². The number of rotatable bonds is 9. The first-order valence-electron chi connectivity index (χ1n) is 48.2.